The van der Waals surface area contributed by atoms with Crippen LogP contribution < -0.4 is 5.32 Å². The van der Waals surface area contributed by atoms with E-state index in [9.17, 15) is 4.39 Å². The SMILES string of the molecule is CC(C)CC(CNC1CC1)Cc1ccccc1F. The van der Waals surface area contributed by atoms with Crippen LogP contribution in [0, 0.1) is 17.7 Å². The van der Waals surface area contributed by atoms with Gasteiger partial charge >= 0.3 is 0 Å². The molecule has 1 aliphatic rings. The summed E-state index contributed by atoms with van der Waals surface area (Å²) < 4.78 is 13.7. The Hall–Kier alpha value is -0.890. The fraction of sp³-hybridized carbons (Fsp3) is 0.625. The molecule has 18 heavy (non-hydrogen) atoms. The summed E-state index contributed by atoms with van der Waals surface area (Å²) in [6.45, 7) is 5.51. The van der Waals surface area contributed by atoms with E-state index in [4.69, 9.17) is 0 Å². The lowest BCUT2D eigenvalue weighted by atomic mass is 9.90. The summed E-state index contributed by atoms with van der Waals surface area (Å²) >= 11 is 0. The fourth-order valence-corrected chi connectivity index (χ4v) is 2.50. The molecule has 0 radical (unpaired) electrons. The second-order valence-corrected chi connectivity index (χ2v) is 5.97. The lowest BCUT2D eigenvalue weighted by Crippen LogP contribution is -2.27. The molecule has 1 N–H and O–H groups in total. The summed E-state index contributed by atoms with van der Waals surface area (Å²) in [6.07, 6.45) is 4.64. The highest BCUT2D eigenvalue weighted by Crippen LogP contribution is 2.22. The summed E-state index contributed by atoms with van der Waals surface area (Å²) in [4.78, 5) is 0. The minimum atomic E-state index is -0.0577. The number of hydrogen-bond acceptors (Lipinski definition) is 1. The van der Waals surface area contributed by atoms with E-state index in [2.05, 4.69) is 19.2 Å². The Morgan fingerprint density at radius 2 is 2.00 bits per heavy atom. The van der Waals surface area contributed by atoms with Crippen LogP contribution in [-0.4, -0.2) is 12.6 Å². The molecule has 0 saturated heterocycles. The van der Waals surface area contributed by atoms with E-state index in [1.165, 1.54) is 12.8 Å². The average Bonchev–Trinajstić information content (AvgIpc) is 3.12. The Morgan fingerprint density at radius 3 is 2.61 bits per heavy atom. The van der Waals surface area contributed by atoms with Crippen molar-refractivity contribution in [2.24, 2.45) is 11.8 Å². The molecular formula is C16H24FN. The Bertz CT molecular complexity index is 371. The van der Waals surface area contributed by atoms with Gasteiger partial charge in [-0.3, -0.25) is 0 Å². The van der Waals surface area contributed by atoms with Crippen LogP contribution in [0.15, 0.2) is 24.3 Å². The second-order valence-electron chi connectivity index (χ2n) is 5.97. The van der Waals surface area contributed by atoms with Crippen LogP contribution in [0.2, 0.25) is 0 Å². The van der Waals surface area contributed by atoms with Gasteiger partial charge in [0.15, 0.2) is 0 Å². The molecule has 1 unspecified atom stereocenters. The van der Waals surface area contributed by atoms with Crippen LogP contribution in [0.25, 0.3) is 0 Å². The number of rotatable bonds is 7. The van der Waals surface area contributed by atoms with Gasteiger partial charge in [-0.05, 0) is 55.7 Å². The van der Waals surface area contributed by atoms with E-state index in [-0.39, 0.29) is 5.82 Å². The lowest BCUT2D eigenvalue weighted by molar-refractivity contribution is 0.379. The maximum Gasteiger partial charge on any atom is 0.126 e. The molecule has 0 bridgehead atoms. The molecule has 1 atom stereocenters. The van der Waals surface area contributed by atoms with E-state index < -0.39 is 0 Å². The van der Waals surface area contributed by atoms with E-state index in [0.29, 0.717) is 11.8 Å². The minimum absolute atomic E-state index is 0.0577. The minimum Gasteiger partial charge on any atom is -0.314 e. The zero-order chi connectivity index (χ0) is 13.0. The van der Waals surface area contributed by atoms with Gasteiger partial charge in [0.05, 0.1) is 0 Å². The molecule has 1 fully saturated rings. The maximum atomic E-state index is 13.7. The third-order valence-corrected chi connectivity index (χ3v) is 3.54. The van der Waals surface area contributed by atoms with Crippen LogP contribution >= 0.6 is 0 Å². The van der Waals surface area contributed by atoms with Crippen molar-refractivity contribution >= 4 is 0 Å². The number of hydrogen-bond donors (Lipinski definition) is 1. The number of nitrogens with one attached hydrogen (secondary N) is 1. The summed E-state index contributed by atoms with van der Waals surface area (Å²) in [5.74, 6) is 1.16. The highest BCUT2D eigenvalue weighted by molar-refractivity contribution is 5.17. The topological polar surface area (TPSA) is 12.0 Å². The molecule has 0 aliphatic heterocycles. The van der Waals surface area contributed by atoms with Crippen molar-refractivity contribution in [2.75, 3.05) is 6.54 Å². The average molecular weight is 249 g/mol. The van der Waals surface area contributed by atoms with Crippen LogP contribution in [0.5, 0.6) is 0 Å². The third-order valence-electron chi connectivity index (χ3n) is 3.54. The smallest absolute Gasteiger partial charge is 0.126 e. The maximum absolute atomic E-state index is 13.7. The van der Waals surface area contributed by atoms with Crippen LogP contribution in [0.1, 0.15) is 38.7 Å². The van der Waals surface area contributed by atoms with E-state index >= 15 is 0 Å². The Kier molecular flexibility index (Phi) is 4.76. The first-order chi connectivity index (χ1) is 8.65. The quantitative estimate of drug-likeness (QED) is 0.775. The molecule has 0 amide bonds. The van der Waals surface area contributed by atoms with E-state index in [1.54, 1.807) is 12.1 Å². The van der Waals surface area contributed by atoms with Crippen molar-refractivity contribution in [2.45, 2.75) is 45.6 Å². The molecule has 0 aromatic heterocycles. The number of benzene rings is 1. The Morgan fingerprint density at radius 1 is 1.28 bits per heavy atom. The van der Waals surface area contributed by atoms with Crippen molar-refractivity contribution in [3.63, 3.8) is 0 Å². The molecule has 2 rings (SSSR count). The van der Waals surface area contributed by atoms with E-state index in [1.807, 2.05) is 12.1 Å². The molecule has 1 nitrogen and oxygen atoms in total. The molecule has 0 heterocycles. The first kappa shape index (κ1) is 13.5. The van der Waals surface area contributed by atoms with Gasteiger partial charge in [0, 0.05) is 6.04 Å². The molecule has 0 spiro atoms. The highest BCUT2D eigenvalue weighted by Gasteiger charge is 2.22. The third kappa shape index (κ3) is 4.41. The standard InChI is InChI=1S/C16H24FN/c1-12(2)9-13(11-18-15-7-8-15)10-14-5-3-4-6-16(14)17/h3-6,12-13,15,18H,7-11H2,1-2H3. The van der Waals surface area contributed by atoms with Crippen molar-refractivity contribution in [3.8, 4) is 0 Å². The highest BCUT2D eigenvalue weighted by atomic mass is 19.1. The molecule has 100 valence electrons. The van der Waals surface area contributed by atoms with Crippen molar-refractivity contribution in [3.05, 3.63) is 35.6 Å². The first-order valence-corrected chi connectivity index (χ1v) is 7.12. The summed E-state index contributed by atoms with van der Waals surface area (Å²) in [5, 5.41) is 3.58. The molecule has 1 aromatic carbocycles. The van der Waals surface area contributed by atoms with Gasteiger partial charge in [-0.2, -0.15) is 0 Å². The van der Waals surface area contributed by atoms with Crippen LogP contribution in [0.4, 0.5) is 4.39 Å². The van der Waals surface area contributed by atoms with Crippen molar-refractivity contribution in [1.29, 1.82) is 0 Å². The molecular weight excluding hydrogens is 225 g/mol. The van der Waals surface area contributed by atoms with Crippen molar-refractivity contribution < 1.29 is 4.39 Å². The summed E-state index contributed by atoms with van der Waals surface area (Å²) in [5.41, 5.74) is 0.862. The summed E-state index contributed by atoms with van der Waals surface area (Å²) in [7, 11) is 0. The van der Waals surface area contributed by atoms with Gasteiger partial charge < -0.3 is 5.32 Å². The lowest BCUT2D eigenvalue weighted by Gasteiger charge is -2.20. The van der Waals surface area contributed by atoms with Crippen molar-refractivity contribution in [1.82, 2.24) is 5.32 Å². The predicted molar refractivity (Wildman–Crippen MR) is 74.1 cm³/mol. The normalized spacial score (nSPS) is 17.1. The molecule has 1 aliphatic carbocycles. The zero-order valence-corrected chi connectivity index (χ0v) is 11.5. The van der Waals surface area contributed by atoms with Gasteiger partial charge in [0.2, 0.25) is 0 Å². The van der Waals surface area contributed by atoms with Gasteiger partial charge in [-0.25, -0.2) is 4.39 Å². The largest absolute Gasteiger partial charge is 0.314 e. The van der Waals surface area contributed by atoms with Crippen LogP contribution in [0.3, 0.4) is 0 Å². The van der Waals surface area contributed by atoms with Gasteiger partial charge in [0.1, 0.15) is 5.82 Å². The monoisotopic (exact) mass is 249 g/mol. The zero-order valence-electron chi connectivity index (χ0n) is 11.5. The molecule has 1 aromatic rings. The second kappa shape index (κ2) is 6.33. The Balaban J connectivity index is 1.92. The van der Waals surface area contributed by atoms with Crippen LogP contribution in [-0.2, 0) is 6.42 Å². The Labute approximate surface area is 110 Å². The molecule has 2 heteroatoms. The molecule has 1 saturated carbocycles. The van der Waals surface area contributed by atoms with Gasteiger partial charge in [0.25, 0.3) is 0 Å². The fourth-order valence-electron chi connectivity index (χ4n) is 2.50. The van der Waals surface area contributed by atoms with Gasteiger partial charge in [-0.15, -0.1) is 0 Å². The first-order valence-electron chi connectivity index (χ1n) is 7.12. The summed E-state index contributed by atoms with van der Waals surface area (Å²) in [6, 6.07) is 7.91. The van der Waals surface area contributed by atoms with Gasteiger partial charge in [-0.1, -0.05) is 32.0 Å². The number of halogens is 1. The van der Waals surface area contributed by atoms with E-state index in [0.717, 1.165) is 31.0 Å². The predicted octanol–water partition coefficient (Wildman–Crippen LogP) is 3.78.